The first-order chi connectivity index (χ1) is 10.5. The van der Waals surface area contributed by atoms with Crippen molar-refractivity contribution in [2.75, 3.05) is 5.73 Å². The minimum Gasteiger partial charge on any atom is -0.367 e. The molecule has 0 aliphatic heterocycles. The van der Waals surface area contributed by atoms with Gasteiger partial charge < -0.3 is 16.0 Å². The number of nitrogens with zero attached hydrogens (tertiary/aromatic N) is 3. The van der Waals surface area contributed by atoms with Crippen LogP contribution in [-0.4, -0.2) is 20.8 Å². The van der Waals surface area contributed by atoms with Gasteiger partial charge in [0.05, 0.1) is 17.1 Å². The summed E-state index contributed by atoms with van der Waals surface area (Å²) in [6.07, 6.45) is 0. The molecule has 4 N–H and O–H groups in total. The van der Waals surface area contributed by atoms with Gasteiger partial charge in [0.25, 0.3) is 5.91 Å². The van der Waals surface area contributed by atoms with Crippen molar-refractivity contribution >= 4 is 11.8 Å². The summed E-state index contributed by atoms with van der Waals surface area (Å²) < 4.78 is 6.70. The third kappa shape index (κ3) is 2.03. The van der Waals surface area contributed by atoms with Crippen LogP contribution in [0.5, 0.6) is 0 Å². The fraction of sp³-hybridized carbons (Fsp3) is 0.133. The van der Waals surface area contributed by atoms with Crippen molar-refractivity contribution in [1.29, 1.82) is 0 Å². The second kappa shape index (κ2) is 5.03. The molecule has 1 aromatic carbocycles. The molecule has 0 aliphatic carbocycles. The maximum Gasteiger partial charge on any atom is 0.256 e. The van der Waals surface area contributed by atoms with Crippen LogP contribution in [0.4, 0.5) is 5.88 Å². The molecule has 0 aliphatic rings. The Morgan fingerprint density at radius 3 is 2.55 bits per heavy atom. The van der Waals surface area contributed by atoms with Crippen molar-refractivity contribution in [2.24, 2.45) is 5.73 Å². The van der Waals surface area contributed by atoms with Crippen LogP contribution >= 0.6 is 0 Å². The van der Waals surface area contributed by atoms with Crippen LogP contribution in [0.1, 0.15) is 21.7 Å². The average molecular weight is 297 g/mol. The lowest BCUT2D eigenvalue weighted by molar-refractivity contribution is 0.100. The normalized spacial score (nSPS) is 10.8. The van der Waals surface area contributed by atoms with Crippen LogP contribution < -0.4 is 11.5 Å². The summed E-state index contributed by atoms with van der Waals surface area (Å²) in [5.41, 5.74) is 14.5. The van der Waals surface area contributed by atoms with Gasteiger partial charge in [-0.2, -0.15) is 5.10 Å². The largest absolute Gasteiger partial charge is 0.367 e. The van der Waals surface area contributed by atoms with E-state index in [1.807, 2.05) is 44.2 Å². The molecule has 3 aromatic rings. The maximum atomic E-state index is 11.6. The van der Waals surface area contributed by atoms with Crippen LogP contribution in [0.3, 0.4) is 0 Å². The van der Waals surface area contributed by atoms with E-state index in [0.29, 0.717) is 17.0 Å². The summed E-state index contributed by atoms with van der Waals surface area (Å²) in [6, 6.07) is 9.66. The van der Waals surface area contributed by atoms with E-state index in [0.717, 1.165) is 11.4 Å². The summed E-state index contributed by atoms with van der Waals surface area (Å²) in [6.45, 7) is 3.72. The van der Waals surface area contributed by atoms with Gasteiger partial charge in [-0.25, -0.2) is 4.68 Å². The predicted octanol–water partition coefficient (Wildman–Crippen LogP) is 1.83. The highest BCUT2D eigenvalue weighted by Gasteiger charge is 2.25. The summed E-state index contributed by atoms with van der Waals surface area (Å²) >= 11 is 0. The zero-order valence-corrected chi connectivity index (χ0v) is 12.2. The summed E-state index contributed by atoms with van der Waals surface area (Å²) in [7, 11) is 0. The highest BCUT2D eigenvalue weighted by molar-refractivity contribution is 6.03. The van der Waals surface area contributed by atoms with E-state index in [1.165, 1.54) is 0 Å². The number of rotatable bonds is 3. The van der Waals surface area contributed by atoms with Crippen LogP contribution in [0, 0.1) is 13.8 Å². The molecular weight excluding hydrogens is 282 g/mol. The van der Waals surface area contributed by atoms with Crippen LogP contribution in [0.2, 0.25) is 0 Å². The van der Waals surface area contributed by atoms with Gasteiger partial charge >= 0.3 is 0 Å². The lowest BCUT2D eigenvalue weighted by atomic mass is 10.1. The van der Waals surface area contributed by atoms with E-state index >= 15 is 0 Å². The van der Waals surface area contributed by atoms with Gasteiger partial charge in [-0.3, -0.25) is 4.79 Å². The van der Waals surface area contributed by atoms with Gasteiger partial charge in [0, 0.05) is 5.56 Å². The molecule has 0 atom stereocenters. The number of nitrogen functional groups attached to an aromatic ring is 1. The number of amides is 1. The number of anilines is 1. The number of carbonyl (C=O) groups is 1. The molecule has 112 valence electrons. The third-order valence-corrected chi connectivity index (χ3v) is 3.49. The average Bonchev–Trinajstić information content (AvgIpc) is 3.00. The Bertz CT molecular complexity index is 848. The molecule has 22 heavy (non-hydrogen) atoms. The van der Waals surface area contributed by atoms with Crippen molar-refractivity contribution in [3.8, 4) is 16.9 Å². The maximum absolute atomic E-state index is 11.6. The second-order valence-electron chi connectivity index (χ2n) is 4.93. The molecule has 2 heterocycles. The fourth-order valence-electron chi connectivity index (χ4n) is 2.52. The van der Waals surface area contributed by atoms with E-state index in [2.05, 4.69) is 10.3 Å². The molecule has 0 saturated heterocycles. The number of para-hydroxylation sites is 1. The monoisotopic (exact) mass is 297 g/mol. The predicted molar refractivity (Wildman–Crippen MR) is 81.5 cm³/mol. The molecule has 7 nitrogen and oxygen atoms in total. The number of aryl methyl sites for hydroxylation is 1. The molecule has 0 unspecified atom stereocenters. The lowest BCUT2D eigenvalue weighted by Gasteiger charge is -2.04. The third-order valence-electron chi connectivity index (χ3n) is 3.49. The van der Waals surface area contributed by atoms with Gasteiger partial charge in [0.15, 0.2) is 0 Å². The molecule has 3 rings (SSSR count). The fourth-order valence-corrected chi connectivity index (χ4v) is 2.52. The highest BCUT2D eigenvalue weighted by Crippen LogP contribution is 2.32. The molecule has 0 fully saturated rings. The Kier molecular flexibility index (Phi) is 3.17. The van der Waals surface area contributed by atoms with E-state index in [4.69, 9.17) is 16.0 Å². The van der Waals surface area contributed by atoms with Crippen molar-refractivity contribution in [3.05, 3.63) is 47.3 Å². The molecule has 0 radical (unpaired) electrons. The first-order valence-corrected chi connectivity index (χ1v) is 6.67. The van der Waals surface area contributed by atoms with Crippen molar-refractivity contribution in [2.45, 2.75) is 13.8 Å². The van der Waals surface area contributed by atoms with E-state index < -0.39 is 5.91 Å². The van der Waals surface area contributed by atoms with Crippen LogP contribution in [0.15, 0.2) is 34.9 Å². The molecular formula is C15H15N5O2. The van der Waals surface area contributed by atoms with E-state index in [1.54, 1.807) is 4.68 Å². The lowest BCUT2D eigenvalue weighted by Crippen LogP contribution is -2.13. The number of hydrogen-bond donors (Lipinski definition) is 2. The van der Waals surface area contributed by atoms with E-state index in [-0.39, 0.29) is 11.4 Å². The highest BCUT2D eigenvalue weighted by atomic mass is 16.5. The molecule has 7 heteroatoms. The number of nitrogens with two attached hydrogens (primary N) is 2. The Morgan fingerprint density at radius 1 is 1.23 bits per heavy atom. The zero-order valence-electron chi connectivity index (χ0n) is 12.2. The SMILES string of the molecule is Cc1nn(-c2ccccc2)c(C)c1-c1noc(N)c1C(N)=O. The minimum absolute atomic E-state index is 0.0822. The first-order valence-electron chi connectivity index (χ1n) is 6.67. The van der Waals surface area contributed by atoms with Gasteiger partial charge in [0.2, 0.25) is 5.88 Å². The number of primary amides is 1. The Morgan fingerprint density at radius 2 is 1.91 bits per heavy atom. The van der Waals surface area contributed by atoms with Crippen LogP contribution in [0.25, 0.3) is 16.9 Å². The quantitative estimate of drug-likeness (QED) is 0.765. The van der Waals surface area contributed by atoms with Gasteiger partial charge in [-0.1, -0.05) is 23.4 Å². The number of hydrogen-bond acceptors (Lipinski definition) is 5. The molecule has 0 bridgehead atoms. The second-order valence-corrected chi connectivity index (χ2v) is 4.93. The summed E-state index contributed by atoms with van der Waals surface area (Å²) in [5.74, 6) is -0.770. The van der Waals surface area contributed by atoms with Crippen molar-refractivity contribution in [3.63, 3.8) is 0 Å². The van der Waals surface area contributed by atoms with Crippen LogP contribution in [-0.2, 0) is 0 Å². The Hall–Kier alpha value is -3.09. The molecule has 2 aromatic heterocycles. The van der Waals surface area contributed by atoms with E-state index in [9.17, 15) is 4.79 Å². The number of aromatic nitrogens is 3. The van der Waals surface area contributed by atoms with Gasteiger partial charge in [-0.05, 0) is 26.0 Å². The molecule has 1 amide bonds. The van der Waals surface area contributed by atoms with Gasteiger partial charge in [-0.15, -0.1) is 0 Å². The Labute approximate surface area is 126 Å². The first kappa shape index (κ1) is 13.9. The van der Waals surface area contributed by atoms with Gasteiger partial charge in [0.1, 0.15) is 11.3 Å². The topological polar surface area (TPSA) is 113 Å². The zero-order chi connectivity index (χ0) is 15.9. The number of benzene rings is 1. The van der Waals surface area contributed by atoms with Crippen molar-refractivity contribution < 1.29 is 9.32 Å². The molecule has 0 spiro atoms. The molecule has 0 saturated carbocycles. The minimum atomic E-state index is -0.681. The standard InChI is InChI=1S/C15H15N5O2/c1-8-11(13-12(14(16)21)15(17)22-19-13)9(2)20(18-8)10-6-4-3-5-7-10/h3-7H,17H2,1-2H3,(H2,16,21). The Balaban J connectivity index is 2.22. The van der Waals surface area contributed by atoms with Crippen molar-refractivity contribution in [1.82, 2.24) is 14.9 Å². The summed E-state index contributed by atoms with van der Waals surface area (Å²) in [5, 5.41) is 8.39. The smallest absolute Gasteiger partial charge is 0.256 e. The number of carbonyl (C=O) groups excluding carboxylic acids is 1. The summed E-state index contributed by atoms with van der Waals surface area (Å²) in [4.78, 5) is 11.6.